The molecule has 2 aromatic carbocycles. The lowest BCUT2D eigenvalue weighted by Gasteiger charge is -2.45. The zero-order valence-electron chi connectivity index (χ0n) is 23.1. The van der Waals surface area contributed by atoms with Gasteiger partial charge in [-0.05, 0) is 61.1 Å². The van der Waals surface area contributed by atoms with Crippen molar-refractivity contribution in [3.63, 3.8) is 0 Å². The number of nitrogens with zero attached hydrogens (tertiary/aromatic N) is 2. The molecule has 3 amide bonds. The molecule has 8 nitrogen and oxygen atoms in total. The number of nitriles is 1. The maximum Gasteiger partial charge on any atom is 0.264 e. The molecule has 1 unspecified atom stereocenters. The summed E-state index contributed by atoms with van der Waals surface area (Å²) in [6.07, 6.45) is 0.988. The second-order valence-corrected chi connectivity index (χ2v) is 11.3. The minimum Gasteiger partial charge on any atom is -0.372 e. The zero-order valence-corrected chi connectivity index (χ0v) is 23.1. The first-order valence-electron chi connectivity index (χ1n) is 14.0. The van der Waals surface area contributed by atoms with Crippen LogP contribution in [0.15, 0.2) is 49.1 Å². The fraction of sp³-hybridized carbons (Fsp3) is 0.419. The first-order chi connectivity index (χ1) is 20.4. The summed E-state index contributed by atoms with van der Waals surface area (Å²) in [5.74, 6) is -9.66. The molecule has 12 heteroatoms. The van der Waals surface area contributed by atoms with E-state index in [9.17, 15) is 33.5 Å². The number of amides is 3. The fourth-order valence-electron chi connectivity index (χ4n) is 6.38. The summed E-state index contributed by atoms with van der Waals surface area (Å²) in [5.41, 5.74) is -2.64. The molecule has 2 saturated heterocycles. The zero-order chi connectivity index (χ0) is 31.1. The molecule has 3 aliphatic rings. The summed E-state index contributed by atoms with van der Waals surface area (Å²) in [5, 5.41) is 26.8. The largest absolute Gasteiger partial charge is 0.372 e. The van der Waals surface area contributed by atoms with Crippen LogP contribution in [0.2, 0.25) is 0 Å². The van der Waals surface area contributed by atoms with E-state index in [-0.39, 0.29) is 41.0 Å². The average molecular weight is 599 g/mol. The highest BCUT2D eigenvalue weighted by Gasteiger charge is 2.57. The third-order valence-electron chi connectivity index (χ3n) is 8.61. The van der Waals surface area contributed by atoms with E-state index in [1.54, 1.807) is 0 Å². The van der Waals surface area contributed by atoms with Gasteiger partial charge in [0.25, 0.3) is 11.8 Å². The quantitative estimate of drug-likeness (QED) is 0.333. The molecule has 0 saturated carbocycles. The summed E-state index contributed by atoms with van der Waals surface area (Å²) in [7, 11) is 0. The fourth-order valence-corrected chi connectivity index (χ4v) is 6.38. The van der Waals surface area contributed by atoms with Crippen molar-refractivity contribution in [3.05, 3.63) is 71.8 Å². The third kappa shape index (κ3) is 5.38. The highest BCUT2D eigenvalue weighted by Crippen LogP contribution is 2.50. The number of likely N-dealkylation sites (tertiary alicyclic amines) is 1. The van der Waals surface area contributed by atoms with Crippen molar-refractivity contribution in [3.8, 4) is 17.2 Å². The predicted octanol–water partition coefficient (Wildman–Crippen LogP) is 3.53. The molecule has 2 fully saturated rings. The van der Waals surface area contributed by atoms with Gasteiger partial charge in [0.2, 0.25) is 11.8 Å². The van der Waals surface area contributed by atoms with Crippen LogP contribution in [0.1, 0.15) is 43.2 Å². The number of carbonyl (C=O) groups is 3. The van der Waals surface area contributed by atoms with Crippen LogP contribution < -0.4 is 10.6 Å². The van der Waals surface area contributed by atoms with Gasteiger partial charge in [0, 0.05) is 42.5 Å². The number of fused-ring (bicyclic) bond motifs is 3. The standard InChI is InChI=1S/C31H30F4N4O4/c1-2-4-18-16-39(26(14-30(18,34)35)28(41)38-21(15-36)11-17-5-3-10-37-27(17)40)29(42)31(43)24-12-19(32)6-8-22(24)23-9-7-20(33)13-25(23)31/h2,6-9,12-13,17-18,21,26,43H,1,3-5,10-11,14,16H2,(H,37,40)(H,38,41)/t17-,18?,21-,26-/m0/s1. The van der Waals surface area contributed by atoms with E-state index < -0.39 is 71.9 Å². The molecule has 43 heavy (non-hydrogen) atoms. The Hall–Kier alpha value is -4.24. The SMILES string of the molecule is C=CCC1CN(C(=O)C2(O)c3cc(F)ccc3-c3ccc(F)cc32)[C@H](C(=O)N[C@H](C#N)C[C@@H]2CCCNC2=O)CC1(F)F. The molecule has 0 radical (unpaired) electrons. The van der Waals surface area contributed by atoms with Crippen molar-refractivity contribution < 1.29 is 37.1 Å². The van der Waals surface area contributed by atoms with Crippen LogP contribution in [-0.4, -0.2) is 58.8 Å². The molecular weight excluding hydrogens is 568 g/mol. The summed E-state index contributed by atoms with van der Waals surface area (Å²) < 4.78 is 59.6. The molecule has 1 aliphatic carbocycles. The molecular formula is C31H30F4N4O4. The summed E-state index contributed by atoms with van der Waals surface area (Å²) >= 11 is 0. The van der Waals surface area contributed by atoms with E-state index in [4.69, 9.17) is 0 Å². The van der Waals surface area contributed by atoms with Crippen molar-refractivity contribution >= 4 is 17.7 Å². The van der Waals surface area contributed by atoms with Crippen LogP contribution in [0.4, 0.5) is 17.6 Å². The predicted molar refractivity (Wildman–Crippen MR) is 146 cm³/mol. The molecule has 0 spiro atoms. The van der Waals surface area contributed by atoms with E-state index in [1.165, 1.54) is 18.2 Å². The monoisotopic (exact) mass is 598 g/mol. The topological polar surface area (TPSA) is 123 Å². The molecule has 226 valence electrons. The number of nitrogens with one attached hydrogen (secondary N) is 2. The Morgan fingerprint density at radius 1 is 1.19 bits per heavy atom. The van der Waals surface area contributed by atoms with Crippen LogP contribution in [0.5, 0.6) is 0 Å². The normalized spacial score (nSPS) is 24.1. The highest BCUT2D eigenvalue weighted by atomic mass is 19.3. The average Bonchev–Trinajstić information content (AvgIpc) is 3.21. The van der Waals surface area contributed by atoms with Gasteiger partial charge < -0.3 is 20.6 Å². The number of piperidine rings is 2. The second kappa shape index (κ2) is 11.4. The van der Waals surface area contributed by atoms with Crippen molar-refractivity contribution in [2.45, 2.75) is 55.7 Å². The van der Waals surface area contributed by atoms with E-state index in [1.807, 2.05) is 6.07 Å². The van der Waals surface area contributed by atoms with E-state index in [0.29, 0.717) is 19.4 Å². The van der Waals surface area contributed by atoms with Gasteiger partial charge in [-0.15, -0.1) is 6.58 Å². The number of rotatable bonds is 7. The Kier molecular flexibility index (Phi) is 8.05. The minimum absolute atomic E-state index is 0.0620. The van der Waals surface area contributed by atoms with Crippen molar-refractivity contribution in [2.24, 2.45) is 11.8 Å². The first kappa shape index (κ1) is 30.2. The second-order valence-electron chi connectivity index (χ2n) is 11.3. The maximum atomic E-state index is 15.4. The van der Waals surface area contributed by atoms with Gasteiger partial charge in [0.15, 0.2) is 5.60 Å². The number of halogens is 4. The summed E-state index contributed by atoms with van der Waals surface area (Å²) in [6.45, 7) is 3.31. The Morgan fingerprint density at radius 3 is 2.37 bits per heavy atom. The number of aliphatic hydroxyl groups is 1. The lowest BCUT2D eigenvalue weighted by atomic mass is 9.82. The molecule has 0 bridgehead atoms. The van der Waals surface area contributed by atoms with Gasteiger partial charge in [-0.2, -0.15) is 5.26 Å². The molecule has 2 heterocycles. The lowest BCUT2D eigenvalue weighted by Crippen LogP contribution is -2.63. The first-order valence-corrected chi connectivity index (χ1v) is 14.0. The Morgan fingerprint density at radius 2 is 1.81 bits per heavy atom. The summed E-state index contributed by atoms with van der Waals surface area (Å²) in [6, 6.07) is 5.50. The van der Waals surface area contributed by atoms with Crippen LogP contribution >= 0.6 is 0 Å². The number of hydrogen-bond acceptors (Lipinski definition) is 5. The highest BCUT2D eigenvalue weighted by molar-refractivity contribution is 6.01. The Labute approximate surface area is 245 Å². The van der Waals surface area contributed by atoms with E-state index >= 15 is 8.78 Å². The van der Waals surface area contributed by atoms with Crippen molar-refractivity contribution in [1.29, 1.82) is 5.26 Å². The van der Waals surface area contributed by atoms with Gasteiger partial charge in [-0.1, -0.05) is 18.2 Å². The molecule has 2 aliphatic heterocycles. The molecule has 2 aromatic rings. The Bertz CT molecular complexity index is 1470. The smallest absolute Gasteiger partial charge is 0.264 e. The van der Waals surface area contributed by atoms with Crippen molar-refractivity contribution in [2.75, 3.05) is 13.1 Å². The number of allylic oxidation sites excluding steroid dienone is 1. The van der Waals surface area contributed by atoms with Gasteiger partial charge in [0.1, 0.15) is 23.7 Å². The molecule has 0 aromatic heterocycles. The van der Waals surface area contributed by atoms with Crippen molar-refractivity contribution in [1.82, 2.24) is 15.5 Å². The molecule has 5 rings (SSSR count). The molecule has 3 N–H and O–H groups in total. The summed E-state index contributed by atoms with van der Waals surface area (Å²) in [4.78, 5) is 40.9. The minimum atomic E-state index is -3.44. The molecule has 4 atom stereocenters. The van der Waals surface area contributed by atoms with Gasteiger partial charge in [0.05, 0.1) is 6.07 Å². The van der Waals surface area contributed by atoms with Crippen LogP contribution in [0, 0.1) is 34.8 Å². The number of alkyl halides is 2. The number of benzene rings is 2. The van der Waals surface area contributed by atoms with Gasteiger partial charge in [-0.25, -0.2) is 17.6 Å². The number of carbonyl (C=O) groups excluding carboxylic acids is 3. The maximum absolute atomic E-state index is 15.4. The van der Waals surface area contributed by atoms with Crippen LogP contribution in [0.3, 0.4) is 0 Å². The van der Waals surface area contributed by atoms with Crippen LogP contribution in [-0.2, 0) is 20.0 Å². The van der Waals surface area contributed by atoms with Gasteiger partial charge in [-0.3, -0.25) is 14.4 Å². The Balaban J connectivity index is 1.52. The van der Waals surface area contributed by atoms with Crippen LogP contribution in [0.25, 0.3) is 11.1 Å². The third-order valence-corrected chi connectivity index (χ3v) is 8.61. The number of hydrogen-bond donors (Lipinski definition) is 3. The van der Waals surface area contributed by atoms with E-state index in [0.717, 1.165) is 29.2 Å². The lowest BCUT2D eigenvalue weighted by molar-refractivity contribution is -0.173. The van der Waals surface area contributed by atoms with Gasteiger partial charge >= 0.3 is 0 Å². The van der Waals surface area contributed by atoms with E-state index in [2.05, 4.69) is 17.2 Å².